The minimum Gasteiger partial charge on any atom is -0.493 e. The largest absolute Gasteiger partial charge is 0.493 e. The Kier molecular flexibility index (Phi) is 7.05. The first kappa shape index (κ1) is 23.6. The highest BCUT2D eigenvalue weighted by Gasteiger charge is 2.35. The minimum absolute atomic E-state index is 0.181. The first-order valence-electron chi connectivity index (χ1n) is 10.3. The van der Waals surface area contributed by atoms with Crippen molar-refractivity contribution in [2.24, 2.45) is 0 Å². The molecule has 0 unspecified atom stereocenters. The Bertz CT molecular complexity index is 1320. The van der Waals surface area contributed by atoms with Crippen molar-refractivity contribution in [2.45, 2.75) is 13.5 Å². The Morgan fingerprint density at radius 3 is 2.56 bits per heavy atom. The van der Waals surface area contributed by atoms with Crippen LogP contribution in [0.3, 0.4) is 0 Å². The fraction of sp³-hybridized carbons (Fsp3) is 0.115. The molecule has 0 N–H and O–H groups in total. The van der Waals surface area contributed by atoms with Crippen LogP contribution in [-0.2, 0) is 11.3 Å². The second-order valence-electron chi connectivity index (χ2n) is 7.57. The number of ether oxygens (including phenoxy) is 2. The Morgan fingerprint density at radius 1 is 1.03 bits per heavy atom. The van der Waals surface area contributed by atoms with Gasteiger partial charge >= 0.3 is 5.97 Å². The van der Waals surface area contributed by atoms with Crippen molar-refractivity contribution in [3.8, 4) is 11.5 Å². The maximum absolute atomic E-state index is 12.9. The summed E-state index contributed by atoms with van der Waals surface area (Å²) in [7, 11) is 1.46. The quantitative estimate of drug-likeness (QED) is 0.234. The van der Waals surface area contributed by atoms with E-state index in [0.29, 0.717) is 16.3 Å². The Hall–Kier alpha value is -3.55. The summed E-state index contributed by atoms with van der Waals surface area (Å²) in [5, 5.41) is 0.0791. The van der Waals surface area contributed by atoms with E-state index in [1.54, 1.807) is 42.5 Å². The van der Waals surface area contributed by atoms with Gasteiger partial charge in [-0.1, -0.05) is 53.6 Å². The lowest BCUT2D eigenvalue weighted by atomic mass is 10.1. The van der Waals surface area contributed by atoms with E-state index >= 15 is 0 Å². The first-order valence-corrected chi connectivity index (χ1v) is 11.5. The van der Waals surface area contributed by atoms with Crippen LogP contribution in [0, 0.1) is 6.92 Å². The third-order valence-electron chi connectivity index (χ3n) is 5.05. The van der Waals surface area contributed by atoms with Crippen LogP contribution in [0.25, 0.3) is 6.08 Å². The second-order valence-corrected chi connectivity index (χ2v) is 9.00. The van der Waals surface area contributed by atoms with Gasteiger partial charge in [0.2, 0.25) is 0 Å². The molecule has 0 atom stereocenters. The molecule has 0 aromatic heterocycles. The zero-order chi connectivity index (χ0) is 24.2. The van der Waals surface area contributed by atoms with E-state index in [9.17, 15) is 14.4 Å². The van der Waals surface area contributed by atoms with E-state index in [1.807, 2.05) is 31.2 Å². The second kappa shape index (κ2) is 10.2. The minimum atomic E-state index is -0.601. The van der Waals surface area contributed by atoms with Crippen molar-refractivity contribution in [1.29, 1.82) is 0 Å². The average Bonchev–Trinajstić information content (AvgIpc) is 3.06. The molecule has 1 fully saturated rings. The summed E-state index contributed by atoms with van der Waals surface area (Å²) in [4.78, 5) is 39.5. The van der Waals surface area contributed by atoms with Crippen molar-refractivity contribution in [1.82, 2.24) is 4.90 Å². The predicted molar refractivity (Wildman–Crippen MR) is 132 cm³/mol. The maximum Gasteiger partial charge on any atom is 0.343 e. The molecule has 3 aromatic rings. The number of methoxy groups -OCH3 is 1. The number of rotatable bonds is 6. The zero-order valence-electron chi connectivity index (χ0n) is 18.4. The maximum atomic E-state index is 12.9. The molecule has 1 aliphatic heterocycles. The van der Waals surface area contributed by atoms with E-state index in [2.05, 4.69) is 0 Å². The molecule has 1 aliphatic rings. The molecule has 1 heterocycles. The normalized spacial score (nSPS) is 14.6. The lowest BCUT2D eigenvalue weighted by Crippen LogP contribution is -2.27. The number of hydrogen-bond donors (Lipinski definition) is 0. The highest BCUT2D eigenvalue weighted by atomic mass is 35.5. The molecule has 0 saturated carbocycles. The third kappa shape index (κ3) is 5.32. The number of thioether (sulfide) groups is 1. The number of nitrogens with zero attached hydrogens (tertiary/aromatic N) is 1. The number of imide groups is 1. The van der Waals surface area contributed by atoms with Gasteiger partial charge < -0.3 is 9.47 Å². The van der Waals surface area contributed by atoms with Crippen molar-refractivity contribution in [3.63, 3.8) is 0 Å². The van der Waals surface area contributed by atoms with Crippen molar-refractivity contribution >= 4 is 46.6 Å². The van der Waals surface area contributed by atoms with Crippen molar-refractivity contribution in [2.75, 3.05) is 7.11 Å². The summed E-state index contributed by atoms with van der Waals surface area (Å²) in [6, 6.07) is 19.0. The van der Waals surface area contributed by atoms with E-state index < -0.39 is 5.97 Å². The fourth-order valence-corrected chi connectivity index (χ4v) is 4.45. The Morgan fingerprint density at radius 2 is 1.82 bits per heavy atom. The number of esters is 1. The molecule has 172 valence electrons. The lowest BCUT2D eigenvalue weighted by molar-refractivity contribution is -0.123. The molecule has 8 heteroatoms. The van der Waals surface area contributed by atoms with Crippen molar-refractivity contribution < 1.29 is 23.9 Å². The molecule has 1 saturated heterocycles. The topological polar surface area (TPSA) is 72.9 Å². The van der Waals surface area contributed by atoms with Gasteiger partial charge in [-0.3, -0.25) is 14.5 Å². The molecule has 6 nitrogen and oxygen atoms in total. The number of amides is 2. The molecule has 34 heavy (non-hydrogen) atoms. The van der Waals surface area contributed by atoms with Crippen molar-refractivity contribution in [3.05, 3.63) is 98.9 Å². The summed E-state index contributed by atoms with van der Waals surface area (Å²) < 4.78 is 10.8. The number of aryl methyl sites for hydroxylation is 1. The predicted octanol–water partition coefficient (Wildman–Crippen LogP) is 6.11. The molecule has 0 bridgehead atoms. The molecule has 4 rings (SSSR count). The molecular formula is C26H20ClNO5S. The number of carbonyl (C=O) groups is 3. The zero-order valence-corrected chi connectivity index (χ0v) is 20.0. The summed E-state index contributed by atoms with van der Waals surface area (Å²) in [5.41, 5.74) is 2.80. The van der Waals surface area contributed by atoms with Gasteiger partial charge in [-0.25, -0.2) is 4.79 Å². The molecule has 0 spiro atoms. The Labute approximate surface area is 206 Å². The number of benzene rings is 3. The van der Waals surface area contributed by atoms with Gasteiger partial charge in [-0.05, 0) is 66.2 Å². The van der Waals surface area contributed by atoms with Gasteiger partial charge in [-0.15, -0.1) is 0 Å². The smallest absolute Gasteiger partial charge is 0.343 e. The van der Waals surface area contributed by atoms with E-state index in [1.165, 1.54) is 18.1 Å². The fourth-order valence-electron chi connectivity index (χ4n) is 3.42. The first-order chi connectivity index (χ1) is 16.3. The van der Waals surface area contributed by atoms with Gasteiger partial charge in [-0.2, -0.15) is 0 Å². The number of halogens is 1. The van der Waals surface area contributed by atoms with Gasteiger partial charge in [0.1, 0.15) is 0 Å². The van der Waals surface area contributed by atoms with Gasteiger partial charge in [0.15, 0.2) is 11.5 Å². The molecule has 0 aliphatic carbocycles. The molecule has 3 aromatic carbocycles. The van der Waals surface area contributed by atoms with Crippen LogP contribution in [0.15, 0.2) is 71.6 Å². The van der Waals surface area contributed by atoms with Gasteiger partial charge in [0.05, 0.1) is 24.1 Å². The highest BCUT2D eigenvalue weighted by molar-refractivity contribution is 8.18. The number of hydrogen-bond acceptors (Lipinski definition) is 6. The summed E-state index contributed by atoms with van der Waals surface area (Å²) in [5.74, 6) is -0.443. The Balaban J connectivity index is 1.56. The number of carbonyl (C=O) groups excluding carboxylic acids is 3. The monoisotopic (exact) mass is 493 g/mol. The average molecular weight is 494 g/mol. The van der Waals surface area contributed by atoms with Crippen LogP contribution in [0.4, 0.5) is 4.79 Å². The molecule has 0 radical (unpaired) electrons. The highest BCUT2D eigenvalue weighted by Crippen LogP contribution is 2.35. The SMILES string of the molecule is COc1ccc(/C=C2\SC(=O)N(Cc3cccc(C)c3)C2=O)cc1OC(=O)c1cccc(Cl)c1. The van der Waals surface area contributed by atoms with Crippen LogP contribution in [0.2, 0.25) is 5.02 Å². The third-order valence-corrected chi connectivity index (χ3v) is 6.19. The van der Waals surface area contributed by atoms with Gasteiger partial charge in [0, 0.05) is 5.02 Å². The van der Waals surface area contributed by atoms with E-state index in [-0.39, 0.29) is 33.9 Å². The van der Waals surface area contributed by atoms with Gasteiger partial charge in [0.25, 0.3) is 11.1 Å². The molecular weight excluding hydrogens is 474 g/mol. The van der Waals surface area contributed by atoms with Crippen LogP contribution >= 0.6 is 23.4 Å². The van der Waals surface area contributed by atoms with Crippen LogP contribution in [0.5, 0.6) is 11.5 Å². The summed E-state index contributed by atoms with van der Waals surface area (Å²) in [6.45, 7) is 2.16. The standard InChI is InChI=1S/C26H20ClNO5S/c1-16-5-3-6-18(11-16)15-28-24(29)23(34-26(28)31)13-17-9-10-21(32-2)22(12-17)33-25(30)19-7-4-8-20(27)14-19/h3-14H,15H2,1-2H3/b23-13-. The molecule has 2 amide bonds. The van der Waals surface area contributed by atoms with E-state index in [0.717, 1.165) is 22.9 Å². The summed E-state index contributed by atoms with van der Waals surface area (Å²) in [6.07, 6.45) is 1.59. The lowest BCUT2D eigenvalue weighted by Gasteiger charge is -2.13. The van der Waals surface area contributed by atoms with Crippen LogP contribution < -0.4 is 9.47 Å². The van der Waals surface area contributed by atoms with Crippen LogP contribution in [0.1, 0.15) is 27.0 Å². The van der Waals surface area contributed by atoms with Crippen LogP contribution in [-0.4, -0.2) is 29.1 Å². The summed E-state index contributed by atoms with van der Waals surface area (Å²) >= 11 is 6.83. The van der Waals surface area contributed by atoms with E-state index in [4.69, 9.17) is 21.1 Å².